The molecular formula is C37H73NO2. The summed E-state index contributed by atoms with van der Waals surface area (Å²) < 4.78 is 0. The van der Waals surface area contributed by atoms with Crippen molar-refractivity contribution >= 4 is 5.91 Å². The van der Waals surface area contributed by atoms with Gasteiger partial charge >= 0.3 is 0 Å². The molecule has 238 valence electrons. The van der Waals surface area contributed by atoms with Crippen LogP contribution >= 0.6 is 0 Å². The number of allylic oxidation sites excluding steroid dienone is 2. The number of unbranched alkanes of at least 4 members (excludes halogenated alkanes) is 23. The Kier molecular flexibility index (Phi) is 32.0. The first-order valence-corrected chi connectivity index (χ1v) is 18.3. The molecule has 3 heteroatoms. The van der Waals surface area contributed by atoms with E-state index in [2.05, 4.69) is 38.2 Å². The van der Waals surface area contributed by atoms with E-state index in [-0.39, 0.29) is 11.9 Å². The molecule has 0 saturated carbocycles. The highest BCUT2D eigenvalue weighted by molar-refractivity contribution is 5.76. The van der Waals surface area contributed by atoms with Crippen molar-refractivity contribution in [1.82, 2.24) is 5.32 Å². The summed E-state index contributed by atoms with van der Waals surface area (Å²) >= 11 is 0. The molecule has 0 rings (SSSR count). The molecule has 0 aromatic carbocycles. The number of hydrogen-bond acceptors (Lipinski definition) is 2. The lowest BCUT2D eigenvalue weighted by Gasteiger charge is -2.23. The Bertz CT molecular complexity index is 532. The number of rotatable bonds is 32. The van der Waals surface area contributed by atoms with Gasteiger partial charge < -0.3 is 10.4 Å². The van der Waals surface area contributed by atoms with Crippen LogP contribution in [0, 0.1) is 0 Å². The zero-order valence-corrected chi connectivity index (χ0v) is 27.7. The molecule has 1 amide bonds. The lowest BCUT2D eigenvalue weighted by atomic mass is 10.00. The van der Waals surface area contributed by atoms with Crippen LogP contribution in [0.15, 0.2) is 12.2 Å². The fourth-order valence-corrected chi connectivity index (χ4v) is 5.68. The molecule has 0 bridgehead atoms. The van der Waals surface area contributed by atoms with Crippen molar-refractivity contribution in [3.05, 3.63) is 12.2 Å². The predicted molar refractivity (Wildman–Crippen MR) is 178 cm³/mol. The van der Waals surface area contributed by atoms with Crippen LogP contribution in [-0.2, 0) is 4.79 Å². The number of aliphatic hydroxyl groups excluding tert-OH is 1. The zero-order chi connectivity index (χ0) is 29.4. The average Bonchev–Trinajstić information content (AvgIpc) is 2.96. The Morgan fingerprint density at radius 2 is 0.925 bits per heavy atom. The Morgan fingerprint density at radius 1 is 0.550 bits per heavy atom. The van der Waals surface area contributed by atoms with E-state index < -0.39 is 6.10 Å². The minimum Gasteiger partial charge on any atom is -0.391 e. The Morgan fingerprint density at radius 3 is 1.38 bits per heavy atom. The van der Waals surface area contributed by atoms with Crippen LogP contribution in [0.3, 0.4) is 0 Å². The second-order valence-corrected chi connectivity index (χ2v) is 12.5. The average molecular weight is 564 g/mol. The van der Waals surface area contributed by atoms with Gasteiger partial charge in [-0.3, -0.25) is 4.79 Å². The predicted octanol–water partition coefficient (Wildman–Crippen LogP) is 11.8. The molecule has 0 spiro atoms. The third-order valence-corrected chi connectivity index (χ3v) is 8.52. The van der Waals surface area contributed by atoms with Crippen LogP contribution < -0.4 is 5.32 Å². The summed E-state index contributed by atoms with van der Waals surface area (Å²) in [6.07, 6.45) is 40.5. The van der Waals surface area contributed by atoms with Gasteiger partial charge in [0, 0.05) is 6.42 Å². The summed E-state index contributed by atoms with van der Waals surface area (Å²) in [4.78, 5) is 12.4. The quantitative estimate of drug-likeness (QED) is 0.0631. The highest BCUT2D eigenvalue weighted by atomic mass is 16.3. The van der Waals surface area contributed by atoms with E-state index in [4.69, 9.17) is 0 Å². The van der Waals surface area contributed by atoms with Crippen molar-refractivity contribution in [3.8, 4) is 0 Å². The fraction of sp³-hybridized carbons (Fsp3) is 0.919. The van der Waals surface area contributed by atoms with E-state index in [1.54, 1.807) is 0 Å². The lowest BCUT2D eigenvalue weighted by Crippen LogP contribution is -2.42. The van der Waals surface area contributed by atoms with Crippen molar-refractivity contribution in [1.29, 1.82) is 0 Å². The van der Waals surface area contributed by atoms with Crippen molar-refractivity contribution < 1.29 is 9.90 Å². The van der Waals surface area contributed by atoms with Gasteiger partial charge in [-0.05, 0) is 44.9 Å². The molecule has 0 aromatic heterocycles. The van der Waals surface area contributed by atoms with Gasteiger partial charge in [0.05, 0.1) is 12.1 Å². The molecule has 0 aliphatic carbocycles. The molecule has 0 heterocycles. The second kappa shape index (κ2) is 32.7. The largest absolute Gasteiger partial charge is 0.391 e. The normalized spacial score (nSPS) is 13.2. The number of carbonyl (C=O) groups excluding carboxylic acids is 1. The zero-order valence-electron chi connectivity index (χ0n) is 27.7. The first-order valence-electron chi connectivity index (χ1n) is 18.3. The Hall–Kier alpha value is -0.830. The minimum atomic E-state index is -0.408. The summed E-state index contributed by atoms with van der Waals surface area (Å²) in [5.74, 6) is 0.125. The van der Waals surface area contributed by atoms with Gasteiger partial charge in [0.15, 0.2) is 0 Å². The Labute approximate surface area is 252 Å². The number of hydrogen-bond donors (Lipinski definition) is 2. The smallest absolute Gasteiger partial charge is 0.220 e. The van der Waals surface area contributed by atoms with Crippen LogP contribution in [0.1, 0.15) is 207 Å². The fourth-order valence-electron chi connectivity index (χ4n) is 5.68. The summed E-state index contributed by atoms with van der Waals surface area (Å²) in [5, 5.41) is 13.7. The summed E-state index contributed by atoms with van der Waals surface area (Å²) in [7, 11) is 0. The second-order valence-electron chi connectivity index (χ2n) is 12.5. The maximum Gasteiger partial charge on any atom is 0.220 e. The first-order chi connectivity index (χ1) is 19.7. The van der Waals surface area contributed by atoms with Gasteiger partial charge in [-0.25, -0.2) is 0 Å². The lowest BCUT2D eigenvalue weighted by molar-refractivity contribution is -0.122. The van der Waals surface area contributed by atoms with Gasteiger partial charge in [-0.2, -0.15) is 0 Å². The number of carbonyl (C=O) groups is 1. The van der Waals surface area contributed by atoms with E-state index in [0.717, 1.165) is 32.1 Å². The van der Waals surface area contributed by atoms with Crippen LogP contribution in [-0.4, -0.2) is 23.2 Å². The highest BCUT2D eigenvalue weighted by Crippen LogP contribution is 2.15. The van der Waals surface area contributed by atoms with Crippen molar-refractivity contribution in [2.24, 2.45) is 0 Å². The SMILES string of the molecule is CCCCCCC=CCCCCCCCCCC(O)C(CC)NC(=O)CCCCCCCCCCCCCCC. The third kappa shape index (κ3) is 28.7. The topological polar surface area (TPSA) is 49.3 Å². The number of aliphatic hydroxyl groups is 1. The van der Waals surface area contributed by atoms with E-state index in [1.807, 2.05) is 0 Å². The molecule has 0 radical (unpaired) electrons. The summed E-state index contributed by atoms with van der Waals surface area (Å²) in [6.45, 7) is 6.62. The minimum absolute atomic E-state index is 0.0887. The molecule has 3 nitrogen and oxygen atoms in total. The third-order valence-electron chi connectivity index (χ3n) is 8.52. The van der Waals surface area contributed by atoms with E-state index >= 15 is 0 Å². The molecule has 0 aromatic rings. The van der Waals surface area contributed by atoms with Crippen LogP contribution in [0.2, 0.25) is 0 Å². The molecule has 0 saturated heterocycles. The van der Waals surface area contributed by atoms with Gasteiger partial charge in [0.2, 0.25) is 5.91 Å². The molecule has 0 aliphatic rings. The van der Waals surface area contributed by atoms with Crippen molar-refractivity contribution in [2.45, 2.75) is 219 Å². The first kappa shape index (κ1) is 39.2. The van der Waals surface area contributed by atoms with E-state index in [0.29, 0.717) is 6.42 Å². The standard InChI is InChI=1S/C37H73NO2/c1-4-7-9-11-13-15-17-19-20-22-23-25-27-29-31-33-36(39)35(6-3)38-37(40)34-32-30-28-26-24-21-18-16-14-12-10-8-5-2/h15,17,35-36,39H,4-14,16,18-34H2,1-3H3,(H,38,40). The summed E-state index contributed by atoms with van der Waals surface area (Å²) in [5.41, 5.74) is 0. The monoisotopic (exact) mass is 564 g/mol. The number of amides is 1. The Balaban J connectivity index is 3.57. The molecule has 2 N–H and O–H groups in total. The maximum absolute atomic E-state index is 12.4. The molecule has 40 heavy (non-hydrogen) atoms. The van der Waals surface area contributed by atoms with Crippen LogP contribution in [0.5, 0.6) is 0 Å². The van der Waals surface area contributed by atoms with Gasteiger partial charge in [-0.1, -0.05) is 168 Å². The van der Waals surface area contributed by atoms with Gasteiger partial charge in [0.25, 0.3) is 0 Å². The van der Waals surface area contributed by atoms with Crippen LogP contribution in [0.4, 0.5) is 0 Å². The maximum atomic E-state index is 12.4. The van der Waals surface area contributed by atoms with E-state index in [1.165, 1.54) is 148 Å². The van der Waals surface area contributed by atoms with Gasteiger partial charge in [0.1, 0.15) is 0 Å². The van der Waals surface area contributed by atoms with Crippen LogP contribution in [0.25, 0.3) is 0 Å². The molecule has 0 fully saturated rings. The molecule has 2 unspecified atom stereocenters. The summed E-state index contributed by atoms with van der Waals surface area (Å²) in [6, 6.07) is -0.0887. The molecule has 2 atom stereocenters. The van der Waals surface area contributed by atoms with Gasteiger partial charge in [-0.15, -0.1) is 0 Å². The molecular weight excluding hydrogens is 490 g/mol. The highest BCUT2D eigenvalue weighted by Gasteiger charge is 2.18. The van der Waals surface area contributed by atoms with E-state index in [9.17, 15) is 9.90 Å². The van der Waals surface area contributed by atoms with Crippen molar-refractivity contribution in [2.75, 3.05) is 0 Å². The molecule has 0 aliphatic heterocycles. The number of nitrogens with one attached hydrogen (secondary N) is 1. The van der Waals surface area contributed by atoms with Crippen molar-refractivity contribution in [3.63, 3.8) is 0 Å².